The van der Waals surface area contributed by atoms with Gasteiger partial charge in [0.2, 0.25) is 0 Å². The summed E-state index contributed by atoms with van der Waals surface area (Å²) in [7, 11) is 3.86. The van der Waals surface area contributed by atoms with Crippen LogP contribution in [-0.4, -0.2) is 31.5 Å². The summed E-state index contributed by atoms with van der Waals surface area (Å²) < 4.78 is 0. The lowest BCUT2D eigenvalue weighted by Crippen LogP contribution is -2.30. The molecule has 0 aliphatic heterocycles. The monoisotopic (exact) mass is 255 g/mol. The molecule has 0 saturated heterocycles. The fourth-order valence-electron chi connectivity index (χ4n) is 1.93. The van der Waals surface area contributed by atoms with Gasteiger partial charge in [0, 0.05) is 20.6 Å². The normalized spacial score (nSPS) is 11.8. The van der Waals surface area contributed by atoms with Crippen molar-refractivity contribution in [2.24, 2.45) is 10.7 Å². The largest absolute Gasteiger partial charge is 0.370 e. The van der Waals surface area contributed by atoms with Crippen LogP contribution < -0.4 is 5.73 Å². The zero-order valence-electron chi connectivity index (χ0n) is 12.7. The predicted octanol–water partition coefficient (Wildman–Crippen LogP) is 3.78. The van der Waals surface area contributed by atoms with Gasteiger partial charge in [-0.3, -0.25) is 4.99 Å². The molecule has 2 N–H and O–H groups in total. The van der Waals surface area contributed by atoms with Crippen LogP contribution in [0.5, 0.6) is 0 Å². The van der Waals surface area contributed by atoms with Crippen LogP contribution in [0.25, 0.3) is 0 Å². The maximum absolute atomic E-state index is 5.71. The highest BCUT2D eigenvalue weighted by Crippen LogP contribution is 2.10. The molecule has 108 valence electrons. The zero-order valence-corrected chi connectivity index (χ0v) is 12.7. The second-order valence-electron chi connectivity index (χ2n) is 5.32. The Labute approximate surface area is 114 Å². The fraction of sp³-hybridized carbons (Fsp3) is 0.933. The standard InChI is InChI=1S/C15H33N3/c1-4-5-6-7-8-9-10-11-12-13-14-17-15(16)18(2)3/h4-14H2,1-3H3,(H2,16,17). The summed E-state index contributed by atoms with van der Waals surface area (Å²) in [6, 6.07) is 0. The Balaban J connectivity index is 3.14. The molecule has 0 bridgehead atoms. The number of hydrogen-bond acceptors (Lipinski definition) is 1. The quantitative estimate of drug-likeness (QED) is 0.347. The molecular formula is C15H33N3. The molecule has 0 fully saturated rings. The van der Waals surface area contributed by atoms with Crippen LogP contribution in [-0.2, 0) is 0 Å². The van der Waals surface area contributed by atoms with E-state index >= 15 is 0 Å². The van der Waals surface area contributed by atoms with E-state index in [2.05, 4.69) is 11.9 Å². The fourth-order valence-corrected chi connectivity index (χ4v) is 1.93. The molecule has 18 heavy (non-hydrogen) atoms. The van der Waals surface area contributed by atoms with Gasteiger partial charge >= 0.3 is 0 Å². The predicted molar refractivity (Wildman–Crippen MR) is 82.0 cm³/mol. The van der Waals surface area contributed by atoms with E-state index in [1.807, 2.05) is 19.0 Å². The van der Waals surface area contributed by atoms with Crippen LogP contribution in [0.1, 0.15) is 71.1 Å². The molecule has 0 rings (SSSR count). The Morgan fingerprint density at radius 3 is 1.72 bits per heavy atom. The molecule has 0 heterocycles. The third-order valence-electron chi connectivity index (χ3n) is 3.24. The van der Waals surface area contributed by atoms with E-state index in [1.165, 1.54) is 64.2 Å². The van der Waals surface area contributed by atoms with Crippen molar-refractivity contribution in [2.45, 2.75) is 71.1 Å². The van der Waals surface area contributed by atoms with E-state index in [4.69, 9.17) is 5.73 Å². The first-order chi connectivity index (χ1) is 8.68. The van der Waals surface area contributed by atoms with Gasteiger partial charge in [-0.25, -0.2) is 0 Å². The van der Waals surface area contributed by atoms with Gasteiger partial charge < -0.3 is 10.6 Å². The SMILES string of the molecule is CCCCCCCCCCCCN=C(N)N(C)C. The van der Waals surface area contributed by atoms with Crippen molar-refractivity contribution in [3.63, 3.8) is 0 Å². The van der Waals surface area contributed by atoms with Crippen LogP contribution in [0.3, 0.4) is 0 Å². The maximum Gasteiger partial charge on any atom is 0.190 e. The molecule has 3 nitrogen and oxygen atoms in total. The lowest BCUT2D eigenvalue weighted by molar-refractivity contribution is 0.556. The molecule has 0 spiro atoms. The maximum atomic E-state index is 5.71. The molecule has 3 heteroatoms. The third-order valence-corrected chi connectivity index (χ3v) is 3.24. The minimum absolute atomic E-state index is 0.644. The molecule has 0 radical (unpaired) electrons. The molecule has 0 aliphatic rings. The van der Waals surface area contributed by atoms with Crippen LogP contribution in [0.4, 0.5) is 0 Å². The minimum atomic E-state index is 0.644. The van der Waals surface area contributed by atoms with Crippen molar-refractivity contribution in [1.82, 2.24) is 4.90 Å². The van der Waals surface area contributed by atoms with Crippen molar-refractivity contribution < 1.29 is 0 Å². The van der Waals surface area contributed by atoms with E-state index in [0.717, 1.165) is 6.54 Å². The smallest absolute Gasteiger partial charge is 0.190 e. The van der Waals surface area contributed by atoms with Gasteiger partial charge in [0.05, 0.1) is 0 Å². The highest BCUT2D eigenvalue weighted by atomic mass is 15.2. The second kappa shape index (κ2) is 12.7. The van der Waals surface area contributed by atoms with Gasteiger partial charge in [0.1, 0.15) is 0 Å². The van der Waals surface area contributed by atoms with Gasteiger partial charge in [-0.15, -0.1) is 0 Å². The average molecular weight is 255 g/mol. The van der Waals surface area contributed by atoms with Crippen molar-refractivity contribution in [3.8, 4) is 0 Å². The molecule has 0 amide bonds. The van der Waals surface area contributed by atoms with Crippen LogP contribution in [0, 0.1) is 0 Å². The number of guanidine groups is 1. The molecule has 0 unspecified atom stereocenters. The van der Waals surface area contributed by atoms with Gasteiger partial charge in [-0.2, -0.15) is 0 Å². The lowest BCUT2D eigenvalue weighted by Gasteiger charge is -2.10. The molecule has 0 aliphatic carbocycles. The number of nitrogens with two attached hydrogens (primary N) is 1. The third kappa shape index (κ3) is 11.7. The first-order valence-corrected chi connectivity index (χ1v) is 7.65. The number of hydrogen-bond donors (Lipinski definition) is 1. The minimum Gasteiger partial charge on any atom is -0.370 e. The number of aliphatic imine (C=N–C) groups is 1. The van der Waals surface area contributed by atoms with Crippen LogP contribution in [0.2, 0.25) is 0 Å². The average Bonchev–Trinajstić information content (AvgIpc) is 2.35. The van der Waals surface area contributed by atoms with Crippen molar-refractivity contribution in [2.75, 3.05) is 20.6 Å². The summed E-state index contributed by atoms with van der Waals surface area (Å²) in [4.78, 5) is 6.17. The van der Waals surface area contributed by atoms with Crippen molar-refractivity contribution in [3.05, 3.63) is 0 Å². The van der Waals surface area contributed by atoms with E-state index in [0.29, 0.717) is 5.96 Å². The van der Waals surface area contributed by atoms with E-state index in [-0.39, 0.29) is 0 Å². The first kappa shape index (κ1) is 17.3. The molecule has 0 aromatic heterocycles. The molecule has 0 aromatic carbocycles. The summed E-state index contributed by atoms with van der Waals surface area (Å²) in [5.74, 6) is 0.644. The summed E-state index contributed by atoms with van der Waals surface area (Å²) in [5, 5.41) is 0. The summed E-state index contributed by atoms with van der Waals surface area (Å²) >= 11 is 0. The Hall–Kier alpha value is -0.730. The van der Waals surface area contributed by atoms with Crippen molar-refractivity contribution >= 4 is 5.96 Å². The number of nitrogens with zero attached hydrogens (tertiary/aromatic N) is 2. The Morgan fingerprint density at radius 2 is 1.28 bits per heavy atom. The highest BCUT2D eigenvalue weighted by molar-refractivity contribution is 5.77. The van der Waals surface area contributed by atoms with Gasteiger partial charge in [-0.05, 0) is 6.42 Å². The molecule has 0 aromatic rings. The lowest BCUT2D eigenvalue weighted by atomic mass is 10.1. The number of unbranched alkanes of at least 4 members (excludes halogenated alkanes) is 9. The first-order valence-electron chi connectivity index (χ1n) is 7.65. The molecular weight excluding hydrogens is 222 g/mol. The van der Waals surface area contributed by atoms with Gasteiger partial charge in [0.15, 0.2) is 5.96 Å². The molecule has 0 atom stereocenters. The summed E-state index contributed by atoms with van der Waals surface area (Å²) in [6.45, 7) is 3.14. The van der Waals surface area contributed by atoms with Crippen LogP contribution in [0.15, 0.2) is 4.99 Å². The summed E-state index contributed by atoms with van der Waals surface area (Å²) in [6.07, 6.45) is 13.6. The molecule has 0 saturated carbocycles. The Kier molecular flexibility index (Phi) is 12.2. The van der Waals surface area contributed by atoms with Gasteiger partial charge in [0.25, 0.3) is 0 Å². The van der Waals surface area contributed by atoms with E-state index < -0.39 is 0 Å². The highest BCUT2D eigenvalue weighted by Gasteiger charge is 1.94. The Morgan fingerprint density at radius 1 is 0.833 bits per heavy atom. The van der Waals surface area contributed by atoms with E-state index in [1.54, 1.807) is 0 Å². The topological polar surface area (TPSA) is 41.6 Å². The van der Waals surface area contributed by atoms with Crippen LogP contribution >= 0.6 is 0 Å². The van der Waals surface area contributed by atoms with E-state index in [9.17, 15) is 0 Å². The Bertz CT molecular complexity index is 200. The van der Waals surface area contributed by atoms with Gasteiger partial charge in [-0.1, -0.05) is 64.7 Å². The van der Waals surface area contributed by atoms with Crippen molar-refractivity contribution in [1.29, 1.82) is 0 Å². The number of rotatable bonds is 11. The second-order valence-corrected chi connectivity index (χ2v) is 5.32. The summed E-state index contributed by atoms with van der Waals surface area (Å²) in [5.41, 5.74) is 5.71. The zero-order chi connectivity index (χ0) is 13.6.